The first-order valence-electron chi connectivity index (χ1n) is 4.69. The summed E-state index contributed by atoms with van der Waals surface area (Å²) >= 11 is 0. The van der Waals surface area contributed by atoms with Crippen LogP contribution in [0.15, 0.2) is 39.9 Å². The number of halogens is 2. The maximum absolute atomic E-state index is 13.1. The molecular weight excluding hydrogens is 230 g/mol. The molecule has 0 unspecified atom stereocenters. The van der Waals surface area contributed by atoms with E-state index in [-0.39, 0.29) is 17.1 Å². The lowest BCUT2D eigenvalue weighted by atomic mass is 10.3. The highest BCUT2D eigenvalue weighted by Gasteiger charge is 2.08. The van der Waals surface area contributed by atoms with Gasteiger partial charge < -0.3 is 5.11 Å². The van der Waals surface area contributed by atoms with Crippen LogP contribution < -0.4 is 0 Å². The lowest BCUT2D eigenvalue weighted by Crippen LogP contribution is -1.96. The van der Waals surface area contributed by atoms with Gasteiger partial charge in [-0.25, -0.2) is 8.78 Å². The number of ketones is 1. The van der Waals surface area contributed by atoms with Crippen molar-refractivity contribution in [2.75, 3.05) is 0 Å². The van der Waals surface area contributed by atoms with Crippen molar-refractivity contribution in [2.24, 2.45) is 10.2 Å². The molecule has 0 atom stereocenters. The monoisotopic (exact) mass is 240 g/mol. The van der Waals surface area contributed by atoms with Crippen molar-refractivity contribution in [3.63, 3.8) is 0 Å². The van der Waals surface area contributed by atoms with Crippen LogP contribution in [0.3, 0.4) is 0 Å². The van der Waals surface area contributed by atoms with Crippen LogP contribution in [0.25, 0.3) is 0 Å². The predicted molar refractivity (Wildman–Crippen MR) is 56.9 cm³/mol. The molecule has 1 rings (SSSR count). The fourth-order valence-corrected chi connectivity index (χ4v) is 1.06. The van der Waals surface area contributed by atoms with E-state index in [1.54, 1.807) is 0 Å². The van der Waals surface area contributed by atoms with Gasteiger partial charge in [-0.2, -0.15) is 0 Å². The Hall–Kier alpha value is -2.11. The highest BCUT2D eigenvalue weighted by molar-refractivity contribution is 5.93. The second kappa shape index (κ2) is 5.29. The van der Waals surface area contributed by atoms with E-state index >= 15 is 0 Å². The summed E-state index contributed by atoms with van der Waals surface area (Å²) in [6.07, 6.45) is 0. The van der Waals surface area contributed by atoms with E-state index in [1.807, 2.05) is 0 Å². The minimum absolute atomic E-state index is 0.298. The van der Waals surface area contributed by atoms with E-state index in [4.69, 9.17) is 5.11 Å². The average molecular weight is 240 g/mol. The molecule has 1 aromatic rings. The van der Waals surface area contributed by atoms with Gasteiger partial charge in [0.25, 0.3) is 0 Å². The molecule has 0 aliphatic rings. The number of hydrogen-bond acceptors (Lipinski definition) is 4. The summed E-state index contributed by atoms with van der Waals surface area (Å²) in [6, 6.07) is 2.67. The van der Waals surface area contributed by atoms with E-state index in [0.717, 1.165) is 18.2 Å². The fourth-order valence-electron chi connectivity index (χ4n) is 1.06. The molecule has 17 heavy (non-hydrogen) atoms. The van der Waals surface area contributed by atoms with Gasteiger partial charge in [-0.1, -0.05) is 0 Å². The average Bonchev–Trinajstić information content (AvgIpc) is 2.22. The van der Waals surface area contributed by atoms with Crippen molar-refractivity contribution in [3.05, 3.63) is 41.3 Å². The number of Topliss-reactive ketones (excluding diaryl/α,β-unsaturated/α-hetero) is 1. The number of aliphatic hydroxyl groups excluding tert-OH is 1. The van der Waals surface area contributed by atoms with E-state index in [2.05, 4.69) is 10.2 Å². The second-order valence-corrected chi connectivity index (χ2v) is 3.29. The zero-order valence-electron chi connectivity index (χ0n) is 9.24. The van der Waals surface area contributed by atoms with Crippen LogP contribution in [0.1, 0.15) is 13.8 Å². The Labute approximate surface area is 96.3 Å². The molecule has 0 radical (unpaired) electrons. The molecule has 0 heterocycles. The maximum Gasteiger partial charge on any atom is 0.183 e. The van der Waals surface area contributed by atoms with Gasteiger partial charge in [0.2, 0.25) is 0 Å². The number of rotatable bonds is 3. The molecule has 0 amide bonds. The number of hydrogen-bond donors (Lipinski definition) is 1. The maximum atomic E-state index is 13.1. The molecule has 0 saturated carbocycles. The summed E-state index contributed by atoms with van der Waals surface area (Å²) in [7, 11) is 0. The standard InChI is InChI=1S/C11H10F2N2O2/c1-6(16)11(7(2)17)15-14-10-5-8(12)3-4-9(10)13/h3-5,16H,1-2H3. The van der Waals surface area contributed by atoms with Crippen LogP contribution >= 0.6 is 0 Å². The van der Waals surface area contributed by atoms with E-state index in [1.165, 1.54) is 13.8 Å². The lowest BCUT2D eigenvalue weighted by molar-refractivity contribution is -0.113. The molecule has 1 aromatic carbocycles. The van der Waals surface area contributed by atoms with Gasteiger partial charge >= 0.3 is 0 Å². The zero-order chi connectivity index (χ0) is 13.0. The van der Waals surface area contributed by atoms with Crippen molar-refractivity contribution in [2.45, 2.75) is 13.8 Å². The largest absolute Gasteiger partial charge is 0.510 e. The van der Waals surface area contributed by atoms with Gasteiger partial charge in [0.15, 0.2) is 17.3 Å². The molecule has 0 saturated heterocycles. The number of nitrogens with zero attached hydrogens (tertiary/aromatic N) is 2. The Bertz CT molecular complexity index is 506. The van der Waals surface area contributed by atoms with Crippen molar-refractivity contribution < 1.29 is 18.7 Å². The second-order valence-electron chi connectivity index (χ2n) is 3.29. The molecule has 6 heteroatoms. The van der Waals surface area contributed by atoms with Gasteiger partial charge in [-0.05, 0) is 19.1 Å². The van der Waals surface area contributed by atoms with Gasteiger partial charge in [0, 0.05) is 13.0 Å². The normalized spacial score (nSPS) is 12.7. The number of benzene rings is 1. The summed E-state index contributed by atoms with van der Waals surface area (Å²) in [4.78, 5) is 11.0. The molecule has 0 spiro atoms. The molecule has 0 bridgehead atoms. The Balaban J connectivity index is 3.09. The van der Waals surface area contributed by atoms with Crippen LogP contribution in [-0.2, 0) is 4.79 Å². The number of carbonyl (C=O) groups excluding carboxylic acids is 1. The van der Waals surface area contributed by atoms with Crippen LogP contribution in [-0.4, -0.2) is 10.9 Å². The summed E-state index contributed by atoms with van der Waals surface area (Å²) in [5.74, 6) is -2.30. The number of aliphatic hydroxyl groups is 1. The van der Waals surface area contributed by atoms with Crippen LogP contribution in [0.2, 0.25) is 0 Å². The quantitative estimate of drug-likeness (QED) is 0.499. The molecule has 4 nitrogen and oxygen atoms in total. The van der Waals surface area contributed by atoms with Gasteiger partial charge in [-0.15, -0.1) is 10.2 Å². The third-order valence-corrected chi connectivity index (χ3v) is 1.84. The first-order valence-corrected chi connectivity index (χ1v) is 4.69. The van der Waals surface area contributed by atoms with Crippen LogP contribution in [0, 0.1) is 11.6 Å². The first-order chi connectivity index (χ1) is 7.91. The Morgan fingerprint density at radius 1 is 1.29 bits per heavy atom. The topological polar surface area (TPSA) is 62.0 Å². The number of carbonyl (C=O) groups is 1. The summed E-state index contributed by atoms with van der Waals surface area (Å²) < 4.78 is 25.9. The highest BCUT2D eigenvalue weighted by Crippen LogP contribution is 2.20. The van der Waals surface area contributed by atoms with Crippen LogP contribution in [0.5, 0.6) is 0 Å². The Morgan fingerprint density at radius 3 is 2.47 bits per heavy atom. The smallest absolute Gasteiger partial charge is 0.183 e. The number of allylic oxidation sites excluding steroid dienone is 2. The molecular formula is C11H10F2N2O2. The first kappa shape index (κ1) is 13.0. The van der Waals surface area contributed by atoms with E-state index in [0.29, 0.717) is 0 Å². The predicted octanol–water partition coefficient (Wildman–Crippen LogP) is 3.43. The van der Waals surface area contributed by atoms with Crippen molar-refractivity contribution in [1.29, 1.82) is 0 Å². The summed E-state index contributed by atoms with van der Waals surface area (Å²) in [5.41, 5.74) is -0.640. The Morgan fingerprint density at radius 2 is 1.94 bits per heavy atom. The minimum Gasteiger partial charge on any atom is -0.510 e. The zero-order valence-corrected chi connectivity index (χ0v) is 9.24. The van der Waals surface area contributed by atoms with Crippen molar-refractivity contribution in [3.8, 4) is 0 Å². The number of azo groups is 1. The van der Waals surface area contributed by atoms with Crippen molar-refractivity contribution in [1.82, 2.24) is 0 Å². The SMILES string of the molecule is CC(=O)C(N=Nc1cc(F)ccc1F)=C(C)O. The molecule has 0 fully saturated rings. The Kier molecular flexibility index (Phi) is 4.03. The van der Waals surface area contributed by atoms with E-state index < -0.39 is 17.4 Å². The molecule has 0 aliphatic heterocycles. The van der Waals surface area contributed by atoms with Crippen molar-refractivity contribution >= 4 is 11.5 Å². The fraction of sp³-hybridized carbons (Fsp3) is 0.182. The summed E-state index contributed by atoms with van der Waals surface area (Å²) in [6.45, 7) is 2.42. The lowest BCUT2D eigenvalue weighted by Gasteiger charge is -1.98. The minimum atomic E-state index is -0.770. The third kappa shape index (κ3) is 3.44. The van der Waals surface area contributed by atoms with Gasteiger partial charge in [0.1, 0.15) is 17.3 Å². The molecule has 0 aromatic heterocycles. The molecule has 0 aliphatic carbocycles. The highest BCUT2D eigenvalue weighted by atomic mass is 19.1. The van der Waals surface area contributed by atoms with Gasteiger partial charge in [-0.3, -0.25) is 4.79 Å². The van der Waals surface area contributed by atoms with Crippen LogP contribution in [0.4, 0.5) is 14.5 Å². The molecule has 90 valence electrons. The summed E-state index contributed by atoms with van der Waals surface area (Å²) in [5, 5.41) is 15.9. The third-order valence-electron chi connectivity index (χ3n) is 1.84. The van der Waals surface area contributed by atoms with Gasteiger partial charge in [0.05, 0.1) is 0 Å². The molecule has 1 N–H and O–H groups in total. The van der Waals surface area contributed by atoms with E-state index in [9.17, 15) is 13.6 Å².